The molecule has 6 nitrogen and oxygen atoms in total. The molecule has 1 fully saturated rings. The zero-order valence-corrected chi connectivity index (χ0v) is 10.2. The van der Waals surface area contributed by atoms with Crippen molar-refractivity contribution in [3.8, 4) is 0 Å². The summed E-state index contributed by atoms with van der Waals surface area (Å²) in [5.74, 6) is -0.366. The second kappa shape index (κ2) is 5.57. The lowest BCUT2D eigenvalue weighted by atomic mass is 9.97. The maximum atomic E-state index is 12.1. The van der Waals surface area contributed by atoms with Crippen LogP contribution in [0, 0.1) is 5.92 Å². The first kappa shape index (κ1) is 12.5. The van der Waals surface area contributed by atoms with Crippen molar-refractivity contribution >= 4 is 11.9 Å². The van der Waals surface area contributed by atoms with Gasteiger partial charge in [0.05, 0.1) is 18.6 Å². The molecule has 18 heavy (non-hydrogen) atoms. The van der Waals surface area contributed by atoms with Gasteiger partial charge in [-0.25, -0.2) is 9.97 Å². The average molecular weight is 249 g/mol. The Morgan fingerprint density at radius 1 is 1.28 bits per heavy atom. The third-order valence-electron chi connectivity index (χ3n) is 3.12. The quantitative estimate of drug-likeness (QED) is 0.714. The van der Waals surface area contributed by atoms with Gasteiger partial charge in [-0.1, -0.05) is 0 Å². The minimum Gasteiger partial charge on any atom is -0.469 e. The Bertz CT molecular complexity index is 427. The molecule has 1 aliphatic heterocycles. The van der Waals surface area contributed by atoms with Gasteiger partial charge in [0.25, 0.3) is 5.91 Å². The minimum absolute atomic E-state index is 0.0843. The summed E-state index contributed by atoms with van der Waals surface area (Å²) in [5.41, 5.74) is 0.481. The topological polar surface area (TPSA) is 72.4 Å². The molecule has 6 heteroatoms. The van der Waals surface area contributed by atoms with Crippen LogP contribution < -0.4 is 0 Å². The smallest absolute Gasteiger partial charge is 0.308 e. The highest BCUT2D eigenvalue weighted by molar-refractivity contribution is 5.93. The summed E-state index contributed by atoms with van der Waals surface area (Å²) >= 11 is 0. The number of nitrogens with zero attached hydrogens (tertiary/aromatic N) is 3. The minimum atomic E-state index is -0.190. The first-order valence-electron chi connectivity index (χ1n) is 5.84. The molecule has 0 bridgehead atoms. The Morgan fingerprint density at radius 3 is 2.44 bits per heavy atom. The van der Waals surface area contributed by atoms with E-state index in [2.05, 4.69) is 9.97 Å². The van der Waals surface area contributed by atoms with Crippen LogP contribution in [0.15, 0.2) is 18.7 Å². The first-order valence-corrected chi connectivity index (χ1v) is 5.84. The average Bonchev–Trinajstić information content (AvgIpc) is 2.47. The van der Waals surface area contributed by atoms with Gasteiger partial charge in [0, 0.05) is 25.5 Å². The normalized spacial score (nSPS) is 16.4. The molecule has 1 aromatic rings. The summed E-state index contributed by atoms with van der Waals surface area (Å²) < 4.78 is 4.71. The highest BCUT2D eigenvalue weighted by Crippen LogP contribution is 2.19. The van der Waals surface area contributed by atoms with Crippen LogP contribution in [0.4, 0.5) is 0 Å². The molecule has 0 aliphatic carbocycles. The van der Waals surface area contributed by atoms with E-state index in [1.165, 1.54) is 25.8 Å². The molecule has 0 radical (unpaired) electrons. The van der Waals surface area contributed by atoms with Gasteiger partial charge in [-0.15, -0.1) is 0 Å². The lowest BCUT2D eigenvalue weighted by Crippen LogP contribution is -2.40. The van der Waals surface area contributed by atoms with Crippen LogP contribution in [-0.2, 0) is 9.53 Å². The lowest BCUT2D eigenvalue weighted by molar-refractivity contribution is -0.146. The van der Waals surface area contributed by atoms with Gasteiger partial charge in [0.2, 0.25) is 0 Å². The number of rotatable bonds is 2. The highest BCUT2D eigenvalue weighted by Gasteiger charge is 2.28. The molecule has 96 valence electrons. The van der Waals surface area contributed by atoms with Gasteiger partial charge in [0.1, 0.15) is 6.33 Å². The van der Waals surface area contributed by atoms with Crippen LogP contribution in [0.3, 0.4) is 0 Å². The number of amides is 1. The molecule has 0 aromatic carbocycles. The maximum absolute atomic E-state index is 12.1. The maximum Gasteiger partial charge on any atom is 0.308 e. The summed E-state index contributed by atoms with van der Waals surface area (Å²) in [6.07, 6.45) is 5.68. The van der Waals surface area contributed by atoms with E-state index in [1.807, 2.05) is 0 Å². The standard InChI is InChI=1S/C12H15N3O3/c1-18-12(17)9-2-4-15(5-3-9)11(16)10-6-13-8-14-7-10/h6-9H,2-5H2,1H3. The van der Waals surface area contributed by atoms with Crippen LogP contribution in [0.1, 0.15) is 23.2 Å². The van der Waals surface area contributed by atoms with Crippen molar-refractivity contribution in [1.29, 1.82) is 0 Å². The number of carbonyl (C=O) groups excluding carboxylic acids is 2. The predicted octanol–water partition coefficient (Wildman–Crippen LogP) is 0.502. The van der Waals surface area contributed by atoms with E-state index < -0.39 is 0 Å². The number of hydrogen-bond donors (Lipinski definition) is 0. The van der Waals surface area contributed by atoms with Crippen molar-refractivity contribution in [3.05, 3.63) is 24.3 Å². The number of hydrogen-bond acceptors (Lipinski definition) is 5. The van der Waals surface area contributed by atoms with Crippen LogP contribution in [-0.4, -0.2) is 46.9 Å². The summed E-state index contributed by atoms with van der Waals surface area (Å²) in [6.45, 7) is 1.13. The molecule has 0 spiro atoms. The fourth-order valence-electron chi connectivity index (χ4n) is 2.08. The Kier molecular flexibility index (Phi) is 3.86. The van der Waals surface area contributed by atoms with Crippen molar-refractivity contribution in [2.24, 2.45) is 5.92 Å². The van der Waals surface area contributed by atoms with Gasteiger partial charge in [-0.3, -0.25) is 9.59 Å². The molecule has 0 N–H and O–H groups in total. The molecule has 1 amide bonds. The third kappa shape index (κ3) is 2.64. The number of carbonyl (C=O) groups is 2. The van der Waals surface area contributed by atoms with E-state index in [0.717, 1.165) is 0 Å². The van der Waals surface area contributed by atoms with Crippen molar-refractivity contribution in [3.63, 3.8) is 0 Å². The molecule has 2 rings (SSSR count). The van der Waals surface area contributed by atoms with Crippen LogP contribution in [0.5, 0.6) is 0 Å². The Labute approximate surface area is 105 Å². The Balaban J connectivity index is 1.94. The highest BCUT2D eigenvalue weighted by atomic mass is 16.5. The lowest BCUT2D eigenvalue weighted by Gasteiger charge is -2.30. The second-order valence-electron chi connectivity index (χ2n) is 4.22. The van der Waals surface area contributed by atoms with Gasteiger partial charge in [-0.2, -0.15) is 0 Å². The van der Waals surface area contributed by atoms with Gasteiger partial charge < -0.3 is 9.64 Å². The number of methoxy groups -OCH3 is 1. The number of ether oxygens (including phenoxy) is 1. The number of aromatic nitrogens is 2. The molecule has 0 saturated carbocycles. The molecular weight excluding hydrogens is 234 g/mol. The SMILES string of the molecule is COC(=O)C1CCN(C(=O)c2cncnc2)CC1. The largest absolute Gasteiger partial charge is 0.469 e. The van der Waals surface area contributed by atoms with Crippen molar-refractivity contribution in [1.82, 2.24) is 14.9 Å². The second-order valence-corrected chi connectivity index (χ2v) is 4.22. The Morgan fingerprint density at radius 2 is 1.89 bits per heavy atom. The molecule has 1 saturated heterocycles. The van der Waals surface area contributed by atoms with E-state index in [0.29, 0.717) is 31.5 Å². The van der Waals surface area contributed by atoms with Crippen LogP contribution >= 0.6 is 0 Å². The first-order chi connectivity index (χ1) is 8.72. The summed E-state index contributed by atoms with van der Waals surface area (Å²) in [7, 11) is 1.39. The molecule has 2 heterocycles. The number of piperidine rings is 1. The van der Waals surface area contributed by atoms with Crippen molar-refractivity contribution in [2.75, 3.05) is 20.2 Å². The monoisotopic (exact) mass is 249 g/mol. The fourth-order valence-corrected chi connectivity index (χ4v) is 2.08. The molecule has 0 atom stereocenters. The van der Waals surface area contributed by atoms with Gasteiger partial charge in [0.15, 0.2) is 0 Å². The Hall–Kier alpha value is -1.98. The zero-order chi connectivity index (χ0) is 13.0. The molecule has 0 unspecified atom stereocenters. The summed E-state index contributed by atoms with van der Waals surface area (Å²) in [5, 5.41) is 0. The van der Waals surface area contributed by atoms with Crippen LogP contribution in [0.2, 0.25) is 0 Å². The van der Waals surface area contributed by atoms with Gasteiger partial charge >= 0.3 is 5.97 Å². The van der Waals surface area contributed by atoms with Crippen LogP contribution in [0.25, 0.3) is 0 Å². The van der Waals surface area contributed by atoms with E-state index >= 15 is 0 Å². The summed E-state index contributed by atoms with van der Waals surface area (Å²) in [4.78, 5) is 32.8. The van der Waals surface area contributed by atoms with E-state index in [9.17, 15) is 9.59 Å². The van der Waals surface area contributed by atoms with Crippen molar-refractivity contribution in [2.45, 2.75) is 12.8 Å². The fraction of sp³-hybridized carbons (Fsp3) is 0.500. The van der Waals surface area contributed by atoms with Gasteiger partial charge in [-0.05, 0) is 12.8 Å². The molecule has 1 aliphatic rings. The number of esters is 1. The zero-order valence-electron chi connectivity index (χ0n) is 10.2. The molecular formula is C12H15N3O3. The van der Waals surface area contributed by atoms with E-state index in [4.69, 9.17) is 4.74 Å². The summed E-state index contributed by atoms with van der Waals surface area (Å²) in [6, 6.07) is 0. The third-order valence-corrected chi connectivity index (χ3v) is 3.12. The number of likely N-dealkylation sites (tertiary alicyclic amines) is 1. The van der Waals surface area contributed by atoms with E-state index in [-0.39, 0.29) is 17.8 Å². The molecule has 1 aromatic heterocycles. The predicted molar refractivity (Wildman–Crippen MR) is 62.7 cm³/mol. The van der Waals surface area contributed by atoms with E-state index in [1.54, 1.807) is 4.90 Å². The van der Waals surface area contributed by atoms with Crippen molar-refractivity contribution < 1.29 is 14.3 Å².